The van der Waals surface area contributed by atoms with E-state index in [1.165, 1.54) is 0 Å². The van der Waals surface area contributed by atoms with Crippen molar-refractivity contribution in [2.45, 2.75) is 0 Å². The van der Waals surface area contributed by atoms with Crippen molar-refractivity contribution in [1.82, 2.24) is 0 Å². The summed E-state index contributed by atoms with van der Waals surface area (Å²) in [5.41, 5.74) is 0. The van der Waals surface area contributed by atoms with Crippen molar-refractivity contribution in [1.29, 1.82) is 0 Å². The molecule has 0 unspecified atom stereocenters. The van der Waals surface area contributed by atoms with Crippen molar-refractivity contribution in [2.24, 2.45) is 0 Å². The Morgan fingerprint density at radius 1 is 0.778 bits per heavy atom. The van der Waals surface area contributed by atoms with Gasteiger partial charge in [0.25, 0.3) is 0 Å². The maximum atomic E-state index is 2.89. The summed E-state index contributed by atoms with van der Waals surface area (Å²) in [4.78, 5) is 0. The van der Waals surface area contributed by atoms with Gasteiger partial charge < -0.3 is 14.9 Å². The van der Waals surface area contributed by atoms with E-state index in [1.54, 1.807) is 0 Å². The zero-order chi connectivity index (χ0) is 4.24. The van der Waals surface area contributed by atoms with Gasteiger partial charge in [0.1, 0.15) is 0 Å². The summed E-state index contributed by atoms with van der Waals surface area (Å²) in [5, 5.41) is 0. The van der Waals surface area contributed by atoms with Crippen LogP contribution in [0.25, 0.3) is 0 Å². The molecule has 0 atom stereocenters. The molecule has 0 aromatic heterocycles. The summed E-state index contributed by atoms with van der Waals surface area (Å²) < 4.78 is 0. The molecule has 0 radical (unpaired) electrons. The van der Waals surface area contributed by atoms with E-state index < -0.39 is 0 Å². The van der Waals surface area contributed by atoms with E-state index in [9.17, 15) is 0 Å². The van der Waals surface area contributed by atoms with E-state index in [0.29, 0.717) is 0 Å². The first-order valence-electron chi connectivity index (χ1n) is 1.91. The van der Waals surface area contributed by atoms with Crippen molar-refractivity contribution >= 4 is 0 Å². The van der Waals surface area contributed by atoms with Gasteiger partial charge in [-0.3, -0.25) is 0 Å². The number of rotatable bonds is 0. The van der Waals surface area contributed by atoms with Crippen molar-refractivity contribution < 1.29 is 19.5 Å². The van der Waals surface area contributed by atoms with Gasteiger partial charge in [0.15, 0.2) is 0 Å². The third kappa shape index (κ3) is 7.84. The number of hydrogen-bond acceptors (Lipinski definition) is 0. The van der Waals surface area contributed by atoms with Gasteiger partial charge in [-0.05, 0) is 0 Å². The molecule has 1 rings (SSSR count). The van der Waals surface area contributed by atoms with Crippen LogP contribution in [0.2, 0.25) is 0 Å². The Morgan fingerprint density at radius 3 is 1.33 bits per heavy atom. The molecule has 0 saturated carbocycles. The second-order valence-corrected chi connectivity index (χ2v) is 1.08. The molecule has 0 saturated heterocycles. The second kappa shape index (κ2) is 10.8. The van der Waals surface area contributed by atoms with Crippen molar-refractivity contribution in [3.63, 3.8) is 0 Å². The topological polar surface area (TPSA) is 0 Å². The molecule has 0 aliphatic carbocycles. The molecular weight excluding hydrogens is 199 g/mol. The van der Waals surface area contributed by atoms with Crippen LogP contribution in [0.5, 0.6) is 0 Å². The largest absolute Gasteiger partial charge is 3.00 e. The molecule has 52 valence electrons. The molecule has 0 amide bonds. The van der Waals surface area contributed by atoms with Crippen LogP contribution in [0.3, 0.4) is 0 Å². The SMILES string of the molecule is [CH3-].[CH3-].[Rh+3].[c-]1ccccc1. The van der Waals surface area contributed by atoms with Gasteiger partial charge in [-0.1, -0.05) is 0 Å². The van der Waals surface area contributed by atoms with Gasteiger partial charge in [0.2, 0.25) is 0 Å². The zero-order valence-electron chi connectivity index (χ0n) is 5.72. The Labute approximate surface area is 71.1 Å². The minimum Gasteiger partial charge on any atom is -0.358 e. The normalized spacial score (nSPS) is 5.33. The summed E-state index contributed by atoms with van der Waals surface area (Å²) in [6.07, 6.45) is 0. The van der Waals surface area contributed by atoms with Crippen molar-refractivity contribution in [2.75, 3.05) is 0 Å². The molecule has 0 N–H and O–H groups in total. The van der Waals surface area contributed by atoms with Gasteiger partial charge in [-0.15, -0.1) is 0 Å². The fourth-order valence-electron chi connectivity index (χ4n) is 0.342. The molecule has 0 nitrogen and oxygen atoms in total. The fraction of sp³-hybridized carbons (Fsp3) is 0. The van der Waals surface area contributed by atoms with Crippen LogP contribution in [0.1, 0.15) is 0 Å². The first-order chi connectivity index (χ1) is 3.00. The van der Waals surface area contributed by atoms with Gasteiger partial charge >= 0.3 is 19.5 Å². The average molecular weight is 210 g/mol. The minimum atomic E-state index is 0. The van der Waals surface area contributed by atoms with Crippen LogP contribution < -0.4 is 0 Å². The van der Waals surface area contributed by atoms with Crippen LogP contribution in [-0.2, 0) is 19.5 Å². The maximum absolute atomic E-state index is 2.89. The molecule has 1 heteroatoms. The standard InChI is InChI=1S/C6H5.2CH3.Rh/c1-2-4-6-5-3-1;;;/h1-5H;2*1H3;/q3*-1;+3. The quantitative estimate of drug-likeness (QED) is 0.455. The third-order valence-electron chi connectivity index (χ3n) is 0.607. The third-order valence-corrected chi connectivity index (χ3v) is 0.607. The fourth-order valence-corrected chi connectivity index (χ4v) is 0.342. The Balaban J connectivity index is -0.000000120. The molecule has 0 aliphatic rings. The molecule has 0 fully saturated rings. The predicted octanol–water partition coefficient (Wildman–Crippen LogP) is 2.38. The Kier molecular flexibility index (Phi) is 19.0. The van der Waals surface area contributed by atoms with Crippen molar-refractivity contribution in [3.05, 3.63) is 51.3 Å². The molecule has 9 heavy (non-hydrogen) atoms. The minimum absolute atomic E-state index is 0. The van der Waals surface area contributed by atoms with E-state index in [4.69, 9.17) is 0 Å². The van der Waals surface area contributed by atoms with E-state index in [2.05, 4.69) is 6.07 Å². The Bertz CT molecular complexity index is 76.5. The maximum Gasteiger partial charge on any atom is 3.00 e. The summed E-state index contributed by atoms with van der Waals surface area (Å²) >= 11 is 0. The van der Waals surface area contributed by atoms with Crippen LogP contribution >= 0.6 is 0 Å². The molecule has 1 aromatic rings. The molecule has 0 bridgehead atoms. The van der Waals surface area contributed by atoms with Gasteiger partial charge in [0.05, 0.1) is 0 Å². The summed E-state index contributed by atoms with van der Waals surface area (Å²) in [6.45, 7) is 0. The van der Waals surface area contributed by atoms with E-state index in [0.717, 1.165) is 0 Å². The summed E-state index contributed by atoms with van der Waals surface area (Å²) in [6, 6.07) is 12.5. The van der Waals surface area contributed by atoms with Crippen LogP contribution in [-0.4, -0.2) is 0 Å². The zero-order valence-corrected chi connectivity index (χ0v) is 7.36. The molecular formula is C8H11Rh. The van der Waals surface area contributed by atoms with Crippen LogP contribution in [0.15, 0.2) is 30.3 Å². The van der Waals surface area contributed by atoms with Gasteiger partial charge in [-0.25, -0.2) is 0 Å². The summed E-state index contributed by atoms with van der Waals surface area (Å²) in [7, 11) is 0. The van der Waals surface area contributed by atoms with Crippen LogP contribution in [0.4, 0.5) is 0 Å². The molecule has 0 aliphatic heterocycles. The average Bonchev–Trinajstić information content (AvgIpc) is 1.72. The first-order valence-corrected chi connectivity index (χ1v) is 1.91. The van der Waals surface area contributed by atoms with Gasteiger partial charge in [0, 0.05) is 0 Å². The van der Waals surface area contributed by atoms with E-state index in [-0.39, 0.29) is 34.3 Å². The number of benzene rings is 1. The molecule has 0 spiro atoms. The van der Waals surface area contributed by atoms with Crippen molar-refractivity contribution in [3.8, 4) is 0 Å². The summed E-state index contributed by atoms with van der Waals surface area (Å²) in [5.74, 6) is 0. The van der Waals surface area contributed by atoms with E-state index in [1.807, 2.05) is 30.3 Å². The predicted molar refractivity (Wildman–Crippen MR) is 38.1 cm³/mol. The molecule has 1 aromatic carbocycles. The Morgan fingerprint density at radius 2 is 1.22 bits per heavy atom. The second-order valence-electron chi connectivity index (χ2n) is 1.08. The monoisotopic (exact) mass is 210 g/mol. The number of hydrogen-bond donors (Lipinski definition) is 0. The van der Waals surface area contributed by atoms with Crippen LogP contribution in [0, 0.1) is 20.9 Å². The van der Waals surface area contributed by atoms with Gasteiger partial charge in [-0.2, -0.15) is 36.4 Å². The first kappa shape index (κ1) is 15.9. The smallest absolute Gasteiger partial charge is 0.358 e. The Hall–Kier alpha value is -0.157. The van der Waals surface area contributed by atoms with E-state index >= 15 is 0 Å². The molecule has 0 heterocycles.